The normalized spacial score (nSPS) is 12.3. The molecule has 2 heterocycles. The van der Waals surface area contributed by atoms with Crippen molar-refractivity contribution in [3.8, 4) is 22.5 Å². The van der Waals surface area contributed by atoms with Gasteiger partial charge in [-0.25, -0.2) is 9.97 Å². The molecular formula is C48H39N3. The van der Waals surface area contributed by atoms with Crippen LogP contribution in [0.25, 0.3) is 77.3 Å². The largest absolute Gasteiger partial charge is 0.256 e. The molecule has 0 fully saturated rings. The zero-order valence-electron chi connectivity index (χ0n) is 29.3. The molecule has 0 saturated carbocycles. The molecule has 0 spiro atoms. The van der Waals surface area contributed by atoms with Gasteiger partial charge in [0.05, 0.1) is 17.1 Å². The Kier molecular flexibility index (Phi) is 8.78. The first-order chi connectivity index (χ1) is 25.2. The second-order valence-electron chi connectivity index (χ2n) is 12.9. The summed E-state index contributed by atoms with van der Waals surface area (Å²) in [6, 6.07) is 43.3. The Balaban J connectivity index is 1.31. The van der Waals surface area contributed by atoms with Gasteiger partial charge in [0.1, 0.15) is 5.82 Å². The highest BCUT2D eigenvalue weighted by Crippen LogP contribution is 2.38. The molecule has 246 valence electrons. The SMILES string of the molecule is C/C=C\c1c(CC)cc(-c2cc(-c3cc4ccccc4c4ccccc34)nc(C/C=C\C(=C/C)c3nccc4ccccc34)n2)c2ccccc12. The fraction of sp³-hybridized carbons (Fsp3) is 0.104. The van der Waals surface area contributed by atoms with Crippen LogP contribution in [0.2, 0.25) is 0 Å². The summed E-state index contributed by atoms with van der Waals surface area (Å²) in [7, 11) is 0. The minimum Gasteiger partial charge on any atom is -0.256 e. The van der Waals surface area contributed by atoms with Crippen molar-refractivity contribution >= 4 is 54.7 Å². The van der Waals surface area contributed by atoms with Crippen LogP contribution >= 0.6 is 0 Å². The molecule has 0 unspecified atom stereocenters. The van der Waals surface area contributed by atoms with E-state index in [1.165, 1.54) is 48.8 Å². The van der Waals surface area contributed by atoms with E-state index >= 15 is 0 Å². The lowest BCUT2D eigenvalue weighted by molar-refractivity contribution is 0.999. The fourth-order valence-corrected chi connectivity index (χ4v) is 7.41. The van der Waals surface area contributed by atoms with Crippen LogP contribution in [-0.4, -0.2) is 15.0 Å². The Hall–Kier alpha value is -6.19. The number of allylic oxidation sites excluding steroid dienone is 5. The highest BCUT2D eigenvalue weighted by atomic mass is 14.9. The van der Waals surface area contributed by atoms with E-state index in [1.54, 1.807) is 0 Å². The number of hydrogen-bond acceptors (Lipinski definition) is 3. The molecule has 6 aromatic carbocycles. The maximum absolute atomic E-state index is 5.30. The van der Waals surface area contributed by atoms with Crippen LogP contribution in [0.15, 0.2) is 152 Å². The van der Waals surface area contributed by atoms with E-state index < -0.39 is 0 Å². The Morgan fingerprint density at radius 2 is 1.22 bits per heavy atom. The van der Waals surface area contributed by atoms with E-state index in [9.17, 15) is 0 Å². The molecule has 8 rings (SSSR count). The second kappa shape index (κ2) is 14.0. The van der Waals surface area contributed by atoms with Gasteiger partial charge in [0, 0.05) is 29.1 Å². The van der Waals surface area contributed by atoms with Crippen molar-refractivity contribution in [3.05, 3.63) is 174 Å². The summed E-state index contributed by atoms with van der Waals surface area (Å²) in [5, 5.41) is 9.60. The van der Waals surface area contributed by atoms with Gasteiger partial charge in [-0.3, -0.25) is 4.98 Å². The zero-order valence-corrected chi connectivity index (χ0v) is 29.3. The quantitative estimate of drug-likeness (QED) is 0.121. The van der Waals surface area contributed by atoms with Gasteiger partial charge in [0.2, 0.25) is 0 Å². The van der Waals surface area contributed by atoms with Crippen molar-refractivity contribution in [2.75, 3.05) is 0 Å². The standard InChI is InChI=1S/C48H39N3/c1-4-16-36-33(6-3)29-43(41-24-13-11-22-39(36)41)45-31-46(44-30-35-18-8-9-20-37(35)40-23-12-14-25-42(40)44)51-47(50-45)26-15-19-32(5-2)48-38-21-10-7-17-34(38)27-28-49-48/h4-5,7-25,27-31H,6,26H2,1-3H3/b16-4-,19-15-,32-5+. The molecule has 0 atom stereocenters. The summed E-state index contributed by atoms with van der Waals surface area (Å²) in [6.07, 6.45) is 14.2. The van der Waals surface area contributed by atoms with Crippen molar-refractivity contribution in [2.45, 2.75) is 33.6 Å². The molecule has 0 bridgehead atoms. The molecule has 3 heteroatoms. The molecular weight excluding hydrogens is 619 g/mol. The van der Waals surface area contributed by atoms with E-state index in [4.69, 9.17) is 15.0 Å². The third kappa shape index (κ3) is 6.02. The Morgan fingerprint density at radius 1 is 0.608 bits per heavy atom. The lowest BCUT2D eigenvalue weighted by atomic mass is 9.91. The number of nitrogens with zero attached hydrogens (tertiary/aromatic N) is 3. The van der Waals surface area contributed by atoms with Crippen LogP contribution in [0.5, 0.6) is 0 Å². The molecule has 0 N–H and O–H groups in total. The molecule has 8 aromatic rings. The minimum absolute atomic E-state index is 0.573. The molecule has 0 aliphatic rings. The molecule has 51 heavy (non-hydrogen) atoms. The zero-order chi connectivity index (χ0) is 34.7. The first kappa shape index (κ1) is 32.0. The van der Waals surface area contributed by atoms with Crippen LogP contribution in [-0.2, 0) is 12.8 Å². The molecule has 0 amide bonds. The Morgan fingerprint density at radius 3 is 1.92 bits per heavy atom. The van der Waals surface area contributed by atoms with Crippen LogP contribution in [0.1, 0.15) is 43.4 Å². The van der Waals surface area contributed by atoms with Crippen LogP contribution < -0.4 is 0 Å². The monoisotopic (exact) mass is 657 g/mol. The number of aryl methyl sites for hydroxylation is 1. The lowest BCUT2D eigenvalue weighted by Gasteiger charge is -2.16. The predicted octanol–water partition coefficient (Wildman–Crippen LogP) is 12.6. The third-order valence-electron chi connectivity index (χ3n) is 9.83. The van der Waals surface area contributed by atoms with E-state index in [2.05, 4.69) is 172 Å². The smallest absolute Gasteiger partial charge is 0.133 e. The van der Waals surface area contributed by atoms with Crippen molar-refractivity contribution < 1.29 is 0 Å². The molecule has 0 aliphatic heterocycles. The Labute approximate surface area is 299 Å². The van der Waals surface area contributed by atoms with Crippen molar-refractivity contribution in [1.82, 2.24) is 15.0 Å². The van der Waals surface area contributed by atoms with Crippen molar-refractivity contribution in [3.63, 3.8) is 0 Å². The molecule has 0 saturated heterocycles. The average Bonchev–Trinajstić information content (AvgIpc) is 3.19. The van der Waals surface area contributed by atoms with Gasteiger partial charge in [-0.1, -0.05) is 134 Å². The number of rotatable bonds is 8. The third-order valence-corrected chi connectivity index (χ3v) is 9.83. The maximum Gasteiger partial charge on any atom is 0.133 e. The number of pyridine rings is 1. The summed E-state index contributed by atoms with van der Waals surface area (Å²) in [5.74, 6) is 0.775. The van der Waals surface area contributed by atoms with E-state index in [0.29, 0.717) is 6.42 Å². The van der Waals surface area contributed by atoms with Crippen molar-refractivity contribution in [2.24, 2.45) is 0 Å². The summed E-state index contributed by atoms with van der Waals surface area (Å²) in [4.78, 5) is 15.4. The van der Waals surface area contributed by atoms with E-state index in [-0.39, 0.29) is 0 Å². The summed E-state index contributed by atoms with van der Waals surface area (Å²) >= 11 is 0. The highest BCUT2D eigenvalue weighted by Gasteiger charge is 2.17. The summed E-state index contributed by atoms with van der Waals surface area (Å²) in [5.41, 5.74) is 8.72. The van der Waals surface area contributed by atoms with Gasteiger partial charge >= 0.3 is 0 Å². The molecule has 3 nitrogen and oxygen atoms in total. The average molecular weight is 658 g/mol. The molecule has 0 aliphatic carbocycles. The van der Waals surface area contributed by atoms with Gasteiger partial charge < -0.3 is 0 Å². The van der Waals surface area contributed by atoms with Gasteiger partial charge in [-0.05, 0) is 98.9 Å². The summed E-state index contributed by atoms with van der Waals surface area (Å²) in [6.45, 7) is 6.38. The molecule has 2 aromatic heterocycles. The maximum atomic E-state index is 5.30. The van der Waals surface area contributed by atoms with Gasteiger partial charge in [0.25, 0.3) is 0 Å². The van der Waals surface area contributed by atoms with E-state index in [1.807, 2.05) is 6.20 Å². The van der Waals surface area contributed by atoms with Crippen LogP contribution in [0.4, 0.5) is 0 Å². The number of hydrogen-bond donors (Lipinski definition) is 0. The minimum atomic E-state index is 0.573. The summed E-state index contributed by atoms with van der Waals surface area (Å²) < 4.78 is 0. The van der Waals surface area contributed by atoms with Crippen LogP contribution in [0.3, 0.4) is 0 Å². The number of aromatic nitrogens is 3. The number of benzene rings is 6. The highest BCUT2D eigenvalue weighted by molar-refractivity contribution is 6.13. The predicted molar refractivity (Wildman–Crippen MR) is 218 cm³/mol. The van der Waals surface area contributed by atoms with Crippen LogP contribution in [0, 0.1) is 0 Å². The Bertz CT molecular complexity index is 2670. The first-order valence-corrected chi connectivity index (χ1v) is 17.8. The fourth-order valence-electron chi connectivity index (χ4n) is 7.41. The topological polar surface area (TPSA) is 38.7 Å². The van der Waals surface area contributed by atoms with Gasteiger partial charge in [0.15, 0.2) is 0 Å². The van der Waals surface area contributed by atoms with E-state index in [0.717, 1.165) is 51.4 Å². The first-order valence-electron chi connectivity index (χ1n) is 17.8. The number of fused-ring (bicyclic) bond motifs is 5. The van der Waals surface area contributed by atoms with Gasteiger partial charge in [-0.15, -0.1) is 0 Å². The van der Waals surface area contributed by atoms with Gasteiger partial charge in [-0.2, -0.15) is 0 Å². The van der Waals surface area contributed by atoms with Crippen molar-refractivity contribution in [1.29, 1.82) is 0 Å². The molecule has 0 radical (unpaired) electrons. The second-order valence-corrected chi connectivity index (χ2v) is 12.9. The lowest BCUT2D eigenvalue weighted by Crippen LogP contribution is -2.01.